The molecule has 1 heterocycles. The van der Waals surface area contributed by atoms with E-state index in [4.69, 9.17) is 0 Å². The summed E-state index contributed by atoms with van der Waals surface area (Å²) in [6, 6.07) is 0.315. The average Bonchev–Trinajstić information content (AvgIpc) is 3.22. The van der Waals surface area contributed by atoms with E-state index < -0.39 is 9.84 Å². The topological polar surface area (TPSA) is 54.5 Å². The van der Waals surface area contributed by atoms with Gasteiger partial charge in [0.2, 0.25) is 5.91 Å². The standard InChI is InChI=1S/C18H27NO3S/c20-18(17-13-6-11-5-12(8-13)9-14(17)7-11)19(15-1-2-15)16-3-4-23(21,22)10-16/h11-17H,1-10H2. The van der Waals surface area contributed by atoms with Crippen LogP contribution in [0.5, 0.6) is 0 Å². The van der Waals surface area contributed by atoms with Gasteiger partial charge in [0.05, 0.1) is 11.5 Å². The Morgan fingerprint density at radius 1 is 0.826 bits per heavy atom. The molecule has 1 aliphatic heterocycles. The summed E-state index contributed by atoms with van der Waals surface area (Å²) >= 11 is 0. The summed E-state index contributed by atoms with van der Waals surface area (Å²) < 4.78 is 23.8. The number of sulfone groups is 1. The minimum atomic E-state index is -2.92. The highest BCUT2D eigenvalue weighted by Gasteiger charge is 2.54. The first-order valence-corrected chi connectivity index (χ1v) is 11.3. The monoisotopic (exact) mass is 337 g/mol. The van der Waals surface area contributed by atoms with Crippen molar-refractivity contribution in [1.29, 1.82) is 0 Å². The molecule has 1 amide bonds. The fraction of sp³-hybridized carbons (Fsp3) is 0.944. The predicted molar refractivity (Wildman–Crippen MR) is 87.5 cm³/mol. The molecule has 23 heavy (non-hydrogen) atoms. The van der Waals surface area contributed by atoms with Gasteiger partial charge in [-0.1, -0.05) is 0 Å². The average molecular weight is 337 g/mol. The first-order valence-electron chi connectivity index (χ1n) is 9.53. The van der Waals surface area contributed by atoms with E-state index in [-0.39, 0.29) is 23.5 Å². The summed E-state index contributed by atoms with van der Waals surface area (Å²) in [5.41, 5.74) is 0. The van der Waals surface area contributed by atoms with Crippen LogP contribution in [0.2, 0.25) is 0 Å². The Labute approximate surface area is 138 Å². The maximum atomic E-state index is 13.4. The van der Waals surface area contributed by atoms with Gasteiger partial charge in [-0.15, -0.1) is 0 Å². The van der Waals surface area contributed by atoms with Gasteiger partial charge < -0.3 is 4.90 Å². The minimum Gasteiger partial charge on any atom is -0.335 e. The van der Waals surface area contributed by atoms with Gasteiger partial charge in [0.15, 0.2) is 9.84 Å². The fourth-order valence-corrected chi connectivity index (χ4v) is 8.22. The number of hydrogen-bond donors (Lipinski definition) is 0. The molecule has 5 saturated carbocycles. The van der Waals surface area contributed by atoms with Crippen LogP contribution in [0.15, 0.2) is 0 Å². The highest BCUT2D eigenvalue weighted by atomic mass is 32.2. The van der Waals surface area contributed by atoms with Crippen molar-refractivity contribution in [3.63, 3.8) is 0 Å². The number of carbonyl (C=O) groups is 1. The lowest BCUT2D eigenvalue weighted by Crippen LogP contribution is -2.54. The second-order valence-electron chi connectivity index (χ2n) is 8.99. The van der Waals surface area contributed by atoms with E-state index in [9.17, 15) is 13.2 Å². The molecule has 1 saturated heterocycles. The fourth-order valence-electron chi connectivity index (χ4n) is 6.51. The van der Waals surface area contributed by atoms with E-state index in [2.05, 4.69) is 4.90 Å². The molecule has 0 radical (unpaired) electrons. The Morgan fingerprint density at radius 3 is 1.91 bits per heavy atom. The van der Waals surface area contributed by atoms with Crippen molar-refractivity contribution in [3.8, 4) is 0 Å². The lowest BCUT2D eigenvalue weighted by Gasteiger charge is -2.54. The predicted octanol–water partition coefficient (Wildman–Crippen LogP) is 2.24. The molecule has 0 aromatic rings. The van der Waals surface area contributed by atoms with Crippen LogP contribution in [0.4, 0.5) is 0 Å². The Balaban J connectivity index is 1.40. The molecule has 0 spiro atoms. The third-order valence-electron chi connectivity index (χ3n) is 7.31. The van der Waals surface area contributed by atoms with E-state index in [1.54, 1.807) is 0 Å². The van der Waals surface area contributed by atoms with E-state index >= 15 is 0 Å². The van der Waals surface area contributed by atoms with Crippen LogP contribution in [0.3, 0.4) is 0 Å². The second kappa shape index (κ2) is 4.96. The molecule has 6 fully saturated rings. The molecule has 128 valence electrons. The SMILES string of the molecule is O=C(C1C2CC3CC(C2)CC1C3)N(C1CC1)C1CCS(=O)(=O)C1. The van der Waals surface area contributed by atoms with Crippen molar-refractivity contribution in [3.05, 3.63) is 0 Å². The Morgan fingerprint density at radius 2 is 1.43 bits per heavy atom. The summed E-state index contributed by atoms with van der Waals surface area (Å²) in [4.78, 5) is 15.5. The summed E-state index contributed by atoms with van der Waals surface area (Å²) in [7, 11) is -2.92. The van der Waals surface area contributed by atoms with Crippen LogP contribution >= 0.6 is 0 Å². The lowest BCUT2D eigenvalue weighted by molar-refractivity contribution is -0.151. The van der Waals surface area contributed by atoms with Crippen LogP contribution < -0.4 is 0 Å². The van der Waals surface area contributed by atoms with E-state index in [1.807, 2.05) is 0 Å². The summed E-state index contributed by atoms with van der Waals surface area (Å²) in [6.45, 7) is 0. The van der Waals surface area contributed by atoms with Gasteiger partial charge in [-0.05, 0) is 75.0 Å². The molecule has 4 nitrogen and oxygen atoms in total. The van der Waals surface area contributed by atoms with Crippen molar-refractivity contribution in [2.75, 3.05) is 11.5 Å². The van der Waals surface area contributed by atoms with E-state index in [1.165, 1.54) is 32.1 Å². The number of carbonyl (C=O) groups excluding carboxylic acids is 1. The third-order valence-corrected chi connectivity index (χ3v) is 9.06. The first kappa shape index (κ1) is 14.7. The van der Waals surface area contributed by atoms with Crippen LogP contribution in [0.1, 0.15) is 51.4 Å². The van der Waals surface area contributed by atoms with Gasteiger partial charge >= 0.3 is 0 Å². The molecule has 6 aliphatic rings. The van der Waals surface area contributed by atoms with Gasteiger partial charge in [0.1, 0.15) is 0 Å². The third kappa shape index (κ3) is 2.45. The second-order valence-corrected chi connectivity index (χ2v) is 11.2. The Kier molecular flexibility index (Phi) is 3.18. The molecule has 5 aliphatic carbocycles. The van der Waals surface area contributed by atoms with Crippen LogP contribution in [-0.4, -0.2) is 42.8 Å². The summed E-state index contributed by atoms with van der Waals surface area (Å²) in [6.07, 6.45) is 9.25. The van der Waals surface area contributed by atoms with E-state index in [0.29, 0.717) is 30.2 Å². The van der Waals surface area contributed by atoms with Crippen molar-refractivity contribution < 1.29 is 13.2 Å². The maximum absolute atomic E-state index is 13.4. The van der Waals surface area contributed by atoms with Gasteiger partial charge in [0, 0.05) is 18.0 Å². The van der Waals surface area contributed by atoms with Gasteiger partial charge in [-0.25, -0.2) is 8.42 Å². The summed E-state index contributed by atoms with van der Waals surface area (Å²) in [5.74, 6) is 3.98. The summed E-state index contributed by atoms with van der Waals surface area (Å²) in [5, 5.41) is 0. The highest BCUT2D eigenvalue weighted by Crippen LogP contribution is 2.57. The quantitative estimate of drug-likeness (QED) is 0.793. The largest absolute Gasteiger partial charge is 0.335 e. The molecule has 0 aromatic carbocycles. The van der Waals surface area contributed by atoms with Gasteiger partial charge in [-0.3, -0.25) is 4.79 Å². The molecule has 1 unspecified atom stereocenters. The smallest absolute Gasteiger partial charge is 0.226 e. The molecule has 1 atom stereocenters. The number of nitrogens with zero attached hydrogens (tertiary/aromatic N) is 1. The number of rotatable bonds is 3. The normalized spacial score (nSPS) is 47.0. The zero-order chi connectivity index (χ0) is 15.8. The number of hydrogen-bond acceptors (Lipinski definition) is 3. The van der Waals surface area contributed by atoms with Gasteiger partial charge in [0.25, 0.3) is 0 Å². The van der Waals surface area contributed by atoms with Crippen molar-refractivity contribution in [1.82, 2.24) is 4.90 Å². The lowest BCUT2D eigenvalue weighted by atomic mass is 9.51. The molecular formula is C18H27NO3S. The van der Waals surface area contributed by atoms with Crippen LogP contribution in [0, 0.1) is 29.6 Å². The molecule has 6 rings (SSSR count). The van der Waals surface area contributed by atoms with Crippen molar-refractivity contribution in [2.45, 2.75) is 63.5 Å². The molecule has 0 aromatic heterocycles. The Hall–Kier alpha value is -0.580. The molecule has 5 heteroatoms. The Bertz CT molecular complexity index is 596. The highest BCUT2D eigenvalue weighted by molar-refractivity contribution is 7.91. The minimum absolute atomic E-state index is 0.0304. The zero-order valence-electron chi connectivity index (χ0n) is 13.7. The molecular weight excluding hydrogens is 310 g/mol. The van der Waals surface area contributed by atoms with Gasteiger partial charge in [-0.2, -0.15) is 0 Å². The number of amides is 1. The van der Waals surface area contributed by atoms with E-state index in [0.717, 1.165) is 24.7 Å². The molecule has 4 bridgehead atoms. The van der Waals surface area contributed by atoms with Crippen LogP contribution in [-0.2, 0) is 14.6 Å². The van der Waals surface area contributed by atoms with Crippen LogP contribution in [0.25, 0.3) is 0 Å². The maximum Gasteiger partial charge on any atom is 0.226 e. The van der Waals surface area contributed by atoms with Crippen molar-refractivity contribution >= 4 is 15.7 Å². The first-order chi connectivity index (χ1) is 11.0. The molecule has 0 N–H and O–H groups in total. The van der Waals surface area contributed by atoms with Crippen molar-refractivity contribution in [2.24, 2.45) is 29.6 Å². The zero-order valence-corrected chi connectivity index (χ0v) is 14.5.